The quantitative estimate of drug-likeness (QED) is 0.583. The van der Waals surface area contributed by atoms with Gasteiger partial charge < -0.3 is 4.90 Å². The van der Waals surface area contributed by atoms with Gasteiger partial charge in [-0.25, -0.2) is 0 Å². The molecule has 1 heterocycles. The summed E-state index contributed by atoms with van der Waals surface area (Å²) in [4.78, 5) is 27.3. The number of nitrogens with zero attached hydrogens (tertiary/aromatic N) is 3. The molecule has 2 aromatic carbocycles. The molecule has 6 nitrogen and oxygen atoms in total. The zero-order valence-electron chi connectivity index (χ0n) is 15.2. The predicted molar refractivity (Wildman–Crippen MR) is 105 cm³/mol. The summed E-state index contributed by atoms with van der Waals surface area (Å²) in [6.45, 7) is 3.77. The zero-order chi connectivity index (χ0) is 19.1. The summed E-state index contributed by atoms with van der Waals surface area (Å²) >= 11 is 0. The molecule has 0 aromatic heterocycles. The molecule has 0 atom stereocenters. The van der Waals surface area contributed by atoms with Gasteiger partial charge in [0, 0.05) is 44.4 Å². The third kappa shape index (κ3) is 5.24. The number of hydrogen-bond donors (Lipinski definition) is 0. The van der Waals surface area contributed by atoms with E-state index in [0.717, 1.165) is 19.6 Å². The van der Waals surface area contributed by atoms with E-state index in [9.17, 15) is 14.9 Å². The molecule has 1 saturated heterocycles. The topological polar surface area (TPSA) is 66.7 Å². The van der Waals surface area contributed by atoms with Gasteiger partial charge in [-0.2, -0.15) is 0 Å². The SMILES string of the molecule is O=C(Cc1ccccc1[N+](=O)[O-])N1CCN(C/C=C/c2ccccc2)CC1. The lowest BCUT2D eigenvalue weighted by atomic mass is 10.1. The molecule has 0 N–H and O–H groups in total. The Balaban J connectivity index is 1.48. The van der Waals surface area contributed by atoms with Gasteiger partial charge in [-0.15, -0.1) is 0 Å². The Hall–Kier alpha value is -2.99. The molecule has 1 amide bonds. The van der Waals surface area contributed by atoms with Crippen LogP contribution in [-0.2, 0) is 11.2 Å². The van der Waals surface area contributed by atoms with Gasteiger partial charge in [0.2, 0.25) is 5.91 Å². The summed E-state index contributed by atoms with van der Waals surface area (Å²) < 4.78 is 0. The van der Waals surface area contributed by atoms with Gasteiger partial charge in [-0.3, -0.25) is 19.8 Å². The molecule has 27 heavy (non-hydrogen) atoms. The average Bonchev–Trinajstić information content (AvgIpc) is 2.69. The van der Waals surface area contributed by atoms with Crippen LogP contribution in [0.25, 0.3) is 6.08 Å². The van der Waals surface area contributed by atoms with Crippen LogP contribution in [0.5, 0.6) is 0 Å². The van der Waals surface area contributed by atoms with E-state index in [1.165, 1.54) is 11.6 Å². The van der Waals surface area contributed by atoms with Crippen LogP contribution in [0.2, 0.25) is 0 Å². The number of para-hydroxylation sites is 1. The monoisotopic (exact) mass is 365 g/mol. The maximum absolute atomic E-state index is 12.5. The molecular weight excluding hydrogens is 342 g/mol. The molecule has 1 aliphatic heterocycles. The van der Waals surface area contributed by atoms with Crippen molar-refractivity contribution in [2.24, 2.45) is 0 Å². The molecular formula is C21H23N3O3. The number of rotatable bonds is 6. The standard InChI is InChI=1S/C21H23N3O3/c25-21(17-19-10-4-5-11-20(19)24(26)27)23-15-13-22(14-16-23)12-6-9-18-7-2-1-3-8-18/h1-11H,12-17H2/b9-6+. The molecule has 0 radical (unpaired) electrons. The van der Waals surface area contributed by atoms with Crippen molar-refractivity contribution in [3.05, 3.63) is 81.9 Å². The number of carbonyl (C=O) groups is 1. The van der Waals surface area contributed by atoms with E-state index in [1.807, 2.05) is 18.2 Å². The van der Waals surface area contributed by atoms with Crippen molar-refractivity contribution in [3.63, 3.8) is 0 Å². The molecule has 0 unspecified atom stereocenters. The highest BCUT2D eigenvalue weighted by atomic mass is 16.6. The Bertz CT molecular complexity index is 812. The third-order valence-corrected chi connectivity index (χ3v) is 4.73. The number of benzene rings is 2. The van der Waals surface area contributed by atoms with Crippen LogP contribution < -0.4 is 0 Å². The maximum Gasteiger partial charge on any atom is 0.273 e. The van der Waals surface area contributed by atoms with Crippen LogP contribution in [-0.4, -0.2) is 53.4 Å². The Labute approximate surface area is 158 Å². The first-order chi connectivity index (χ1) is 13.1. The van der Waals surface area contributed by atoms with Gasteiger partial charge in [0.1, 0.15) is 0 Å². The molecule has 0 spiro atoms. The molecule has 3 rings (SSSR count). The van der Waals surface area contributed by atoms with E-state index >= 15 is 0 Å². The Morgan fingerprint density at radius 2 is 1.67 bits per heavy atom. The van der Waals surface area contributed by atoms with E-state index in [-0.39, 0.29) is 18.0 Å². The summed E-state index contributed by atoms with van der Waals surface area (Å²) in [6.07, 6.45) is 4.32. The molecule has 1 aliphatic rings. The maximum atomic E-state index is 12.5. The summed E-state index contributed by atoms with van der Waals surface area (Å²) in [5, 5.41) is 11.1. The number of nitro benzene ring substituents is 1. The van der Waals surface area contributed by atoms with E-state index in [0.29, 0.717) is 18.7 Å². The van der Waals surface area contributed by atoms with E-state index in [4.69, 9.17) is 0 Å². The summed E-state index contributed by atoms with van der Waals surface area (Å²) in [5.74, 6) is -0.0521. The van der Waals surface area contributed by atoms with Gasteiger partial charge >= 0.3 is 0 Å². The largest absolute Gasteiger partial charge is 0.340 e. The van der Waals surface area contributed by atoms with Crippen LogP contribution in [0.3, 0.4) is 0 Å². The van der Waals surface area contributed by atoms with Gasteiger partial charge in [0.05, 0.1) is 11.3 Å². The van der Waals surface area contributed by atoms with Gasteiger partial charge in [-0.1, -0.05) is 60.7 Å². The molecule has 0 saturated carbocycles. The summed E-state index contributed by atoms with van der Waals surface area (Å²) in [7, 11) is 0. The Morgan fingerprint density at radius 3 is 2.37 bits per heavy atom. The second-order valence-corrected chi connectivity index (χ2v) is 6.56. The van der Waals surface area contributed by atoms with Crippen molar-refractivity contribution in [2.45, 2.75) is 6.42 Å². The molecule has 1 fully saturated rings. The summed E-state index contributed by atoms with van der Waals surface area (Å²) in [5.41, 5.74) is 1.66. The van der Waals surface area contributed by atoms with Gasteiger partial charge in [0.25, 0.3) is 5.69 Å². The predicted octanol–water partition coefficient (Wildman–Crippen LogP) is 2.99. The molecule has 0 bridgehead atoms. The Kier molecular flexibility index (Phi) is 6.33. The third-order valence-electron chi connectivity index (χ3n) is 4.73. The lowest BCUT2D eigenvalue weighted by Crippen LogP contribution is -2.49. The number of nitro groups is 1. The molecule has 140 valence electrons. The van der Waals surface area contributed by atoms with Crippen molar-refractivity contribution in [1.82, 2.24) is 9.80 Å². The van der Waals surface area contributed by atoms with E-state index in [1.54, 1.807) is 23.1 Å². The highest BCUT2D eigenvalue weighted by Crippen LogP contribution is 2.19. The van der Waals surface area contributed by atoms with Crippen molar-refractivity contribution < 1.29 is 9.72 Å². The Morgan fingerprint density at radius 1 is 1.00 bits per heavy atom. The first-order valence-electron chi connectivity index (χ1n) is 9.07. The average molecular weight is 365 g/mol. The van der Waals surface area contributed by atoms with Crippen LogP contribution in [0.4, 0.5) is 5.69 Å². The van der Waals surface area contributed by atoms with Gasteiger partial charge in [0.15, 0.2) is 0 Å². The highest BCUT2D eigenvalue weighted by Gasteiger charge is 2.23. The number of hydrogen-bond acceptors (Lipinski definition) is 4. The number of carbonyl (C=O) groups excluding carboxylic acids is 1. The van der Waals surface area contributed by atoms with Gasteiger partial charge in [-0.05, 0) is 5.56 Å². The first-order valence-corrected chi connectivity index (χ1v) is 9.07. The van der Waals surface area contributed by atoms with Crippen LogP contribution in [0, 0.1) is 10.1 Å². The van der Waals surface area contributed by atoms with Crippen molar-refractivity contribution >= 4 is 17.7 Å². The number of piperazine rings is 1. The lowest BCUT2D eigenvalue weighted by Gasteiger charge is -2.34. The summed E-state index contributed by atoms with van der Waals surface area (Å²) in [6, 6.07) is 16.6. The van der Waals surface area contributed by atoms with Crippen molar-refractivity contribution in [2.75, 3.05) is 32.7 Å². The normalized spacial score (nSPS) is 15.2. The van der Waals surface area contributed by atoms with Crippen LogP contribution in [0.1, 0.15) is 11.1 Å². The molecule has 2 aromatic rings. The fourth-order valence-electron chi connectivity index (χ4n) is 3.20. The minimum absolute atomic E-state index is 0.00975. The minimum Gasteiger partial charge on any atom is -0.340 e. The van der Waals surface area contributed by atoms with Crippen molar-refractivity contribution in [1.29, 1.82) is 0 Å². The lowest BCUT2D eigenvalue weighted by molar-refractivity contribution is -0.385. The second-order valence-electron chi connectivity index (χ2n) is 6.56. The van der Waals surface area contributed by atoms with E-state index < -0.39 is 4.92 Å². The molecule has 6 heteroatoms. The zero-order valence-corrected chi connectivity index (χ0v) is 15.2. The van der Waals surface area contributed by atoms with Crippen molar-refractivity contribution in [3.8, 4) is 0 Å². The minimum atomic E-state index is -0.431. The van der Waals surface area contributed by atoms with Crippen LogP contribution >= 0.6 is 0 Å². The van der Waals surface area contributed by atoms with E-state index in [2.05, 4.69) is 29.2 Å². The fourth-order valence-corrected chi connectivity index (χ4v) is 3.20. The molecule has 0 aliphatic carbocycles. The second kappa shape index (κ2) is 9.09. The highest BCUT2D eigenvalue weighted by molar-refractivity contribution is 5.80. The first kappa shape index (κ1) is 18.8. The fraction of sp³-hybridized carbons (Fsp3) is 0.286. The number of amides is 1. The smallest absolute Gasteiger partial charge is 0.273 e. The van der Waals surface area contributed by atoms with Crippen LogP contribution in [0.15, 0.2) is 60.7 Å².